The maximum atomic E-state index is 2.71. The van der Waals surface area contributed by atoms with Gasteiger partial charge in [0.15, 0.2) is 0 Å². The van der Waals surface area contributed by atoms with Crippen molar-refractivity contribution in [2.45, 2.75) is 80.6 Å². The average molecular weight is 341 g/mol. The first-order chi connectivity index (χ1) is 11.8. The second-order valence-corrected chi connectivity index (χ2v) is 11.7. The molecule has 6 bridgehead atoms. The van der Waals surface area contributed by atoms with Crippen LogP contribution in [0.2, 0.25) is 0 Å². The molecule has 4 saturated carbocycles. The third-order valence-corrected chi connectivity index (χ3v) is 10.6. The first-order valence-corrected chi connectivity index (χ1v) is 11.5. The van der Waals surface area contributed by atoms with E-state index in [-0.39, 0.29) is 0 Å². The summed E-state index contributed by atoms with van der Waals surface area (Å²) in [6.07, 6.45) is 7.26. The third-order valence-electron chi connectivity index (χ3n) is 10.6. The van der Waals surface area contributed by atoms with E-state index in [9.17, 15) is 0 Å². The zero-order valence-corrected chi connectivity index (χ0v) is 17.7. The Bertz CT molecular complexity index is 628. The van der Waals surface area contributed by atoms with Gasteiger partial charge in [-0.1, -0.05) is 66.0 Å². The van der Waals surface area contributed by atoms with Crippen LogP contribution in [0.5, 0.6) is 0 Å². The Morgan fingerprint density at radius 1 is 0.960 bits per heavy atom. The van der Waals surface area contributed by atoms with Crippen molar-refractivity contribution in [1.82, 2.24) is 0 Å². The fourth-order valence-corrected chi connectivity index (χ4v) is 10.3. The van der Waals surface area contributed by atoms with E-state index in [1.54, 1.807) is 0 Å². The largest absolute Gasteiger partial charge is 0.0665 e. The van der Waals surface area contributed by atoms with Crippen molar-refractivity contribution in [1.29, 1.82) is 0 Å². The molecular weight excluding hydrogens is 300 g/mol. The summed E-state index contributed by atoms with van der Waals surface area (Å²) in [5, 5.41) is 0. The molecule has 11 atom stereocenters. The van der Waals surface area contributed by atoms with Crippen molar-refractivity contribution in [3.05, 3.63) is 11.1 Å². The van der Waals surface area contributed by atoms with E-state index < -0.39 is 0 Å². The van der Waals surface area contributed by atoms with E-state index in [4.69, 9.17) is 0 Å². The summed E-state index contributed by atoms with van der Waals surface area (Å²) in [6.45, 7) is 18.2. The second-order valence-electron chi connectivity index (χ2n) is 11.7. The highest BCUT2D eigenvalue weighted by Crippen LogP contribution is 2.79. The first-order valence-electron chi connectivity index (χ1n) is 11.5. The van der Waals surface area contributed by atoms with Crippen molar-refractivity contribution in [2.75, 3.05) is 0 Å². The SMILES string of the molecule is CCC1=C2C3C(C)C4C(CC)C(C)C(C)CC5(C)CC2(C)CC(C34)C15. The Balaban J connectivity index is 1.73. The molecule has 0 saturated heterocycles. The molecule has 0 aromatic carbocycles. The molecule has 7 aliphatic carbocycles. The lowest BCUT2D eigenvalue weighted by Crippen LogP contribution is -2.67. The smallest absolute Gasteiger partial charge is 0.0102 e. The van der Waals surface area contributed by atoms with Crippen molar-refractivity contribution in [2.24, 2.45) is 64.1 Å². The molecule has 140 valence electrons. The van der Waals surface area contributed by atoms with Crippen LogP contribution in [0.1, 0.15) is 80.6 Å². The van der Waals surface area contributed by atoms with Crippen molar-refractivity contribution >= 4 is 0 Å². The lowest BCUT2D eigenvalue weighted by atomic mass is 9.30. The molecule has 7 aliphatic rings. The highest BCUT2D eigenvalue weighted by molar-refractivity contribution is 5.43. The topological polar surface area (TPSA) is 0 Å². The standard InChI is InChI=1S/C25H40/c1-8-16-14(4)13(3)10-24(6)12-25(7)11-18-21-19(16)15(5)20(21)23(25)17(9-2)22(18)24/h13-16,18-22H,8-12H2,1-7H3. The number of hydrogen-bond donors (Lipinski definition) is 0. The van der Waals surface area contributed by atoms with Gasteiger partial charge in [-0.25, -0.2) is 0 Å². The Hall–Kier alpha value is -0.260. The molecule has 0 amide bonds. The molecule has 11 unspecified atom stereocenters. The molecule has 0 N–H and O–H groups in total. The van der Waals surface area contributed by atoms with Gasteiger partial charge in [-0.2, -0.15) is 0 Å². The maximum Gasteiger partial charge on any atom is -0.0102 e. The Kier molecular flexibility index (Phi) is 3.35. The molecule has 0 radical (unpaired) electrons. The van der Waals surface area contributed by atoms with Gasteiger partial charge in [0.25, 0.3) is 0 Å². The van der Waals surface area contributed by atoms with E-state index >= 15 is 0 Å². The van der Waals surface area contributed by atoms with Crippen molar-refractivity contribution < 1.29 is 0 Å². The highest BCUT2D eigenvalue weighted by Gasteiger charge is 2.71. The second kappa shape index (κ2) is 4.96. The summed E-state index contributed by atoms with van der Waals surface area (Å²) in [4.78, 5) is 0. The molecule has 0 heteroatoms. The third kappa shape index (κ3) is 1.76. The van der Waals surface area contributed by atoms with Crippen LogP contribution in [0.3, 0.4) is 0 Å². The lowest BCUT2D eigenvalue weighted by molar-refractivity contribution is -0.180. The van der Waals surface area contributed by atoms with Crippen LogP contribution in [0.25, 0.3) is 0 Å². The van der Waals surface area contributed by atoms with Gasteiger partial charge >= 0.3 is 0 Å². The molecule has 0 aromatic rings. The summed E-state index contributed by atoms with van der Waals surface area (Å²) in [6, 6.07) is 0. The van der Waals surface area contributed by atoms with Crippen LogP contribution in [-0.2, 0) is 0 Å². The summed E-state index contributed by atoms with van der Waals surface area (Å²) < 4.78 is 0. The molecule has 7 rings (SSSR count). The fourth-order valence-electron chi connectivity index (χ4n) is 10.3. The summed E-state index contributed by atoms with van der Waals surface area (Å²) in [5.74, 6) is 8.74. The molecule has 4 fully saturated rings. The van der Waals surface area contributed by atoms with Crippen LogP contribution >= 0.6 is 0 Å². The van der Waals surface area contributed by atoms with Gasteiger partial charge in [-0.3, -0.25) is 0 Å². The van der Waals surface area contributed by atoms with Crippen molar-refractivity contribution in [3.8, 4) is 0 Å². The van der Waals surface area contributed by atoms with Crippen LogP contribution < -0.4 is 0 Å². The van der Waals surface area contributed by atoms with Crippen LogP contribution in [-0.4, -0.2) is 0 Å². The van der Waals surface area contributed by atoms with E-state index in [0.717, 1.165) is 53.3 Å². The Morgan fingerprint density at radius 3 is 2.32 bits per heavy atom. The molecule has 25 heavy (non-hydrogen) atoms. The minimum absolute atomic E-state index is 0.551. The number of rotatable bonds is 2. The van der Waals surface area contributed by atoms with Gasteiger partial charge in [0, 0.05) is 0 Å². The Labute approximate surface area is 156 Å². The van der Waals surface area contributed by atoms with Crippen LogP contribution in [0.15, 0.2) is 11.1 Å². The number of allylic oxidation sites excluding steroid dienone is 2. The zero-order chi connectivity index (χ0) is 17.9. The molecule has 0 heterocycles. The highest BCUT2D eigenvalue weighted by atomic mass is 14.8. The van der Waals surface area contributed by atoms with E-state index in [2.05, 4.69) is 48.5 Å². The molecule has 0 spiro atoms. The van der Waals surface area contributed by atoms with Crippen LogP contribution in [0.4, 0.5) is 0 Å². The monoisotopic (exact) mass is 340 g/mol. The first kappa shape index (κ1) is 16.9. The van der Waals surface area contributed by atoms with Crippen molar-refractivity contribution in [3.63, 3.8) is 0 Å². The number of hydrogen-bond acceptors (Lipinski definition) is 0. The summed E-state index contributed by atoms with van der Waals surface area (Å²) in [7, 11) is 0. The predicted octanol–water partition coefficient (Wildman–Crippen LogP) is 6.96. The normalized spacial score (nSPS) is 61.8. The molecular formula is C25H40. The van der Waals surface area contributed by atoms with Gasteiger partial charge in [-0.15, -0.1) is 0 Å². The Morgan fingerprint density at radius 2 is 1.68 bits per heavy atom. The van der Waals surface area contributed by atoms with Gasteiger partial charge in [0.05, 0.1) is 0 Å². The lowest BCUT2D eigenvalue weighted by Gasteiger charge is -2.74. The van der Waals surface area contributed by atoms with Gasteiger partial charge in [0.1, 0.15) is 0 Å². The van der Waals surface area contributed by atoms with E-state index in [0.29, 0.717) is 10.8 Å². The minimum Gasteiger partial charge on any atom is -0.0665 e. The zero-order valence-electron chi connectivity index (χ0n) is 17.7. The molecule has 0 nitrogen and oxygen atoms in total. The average Bonchev–Trinajstić information content (AvgIpc) is 2.56. The van der Waals surface area contributed by atoms with Gasteiger partial charge in [-0.05, 0) is 89.8 Å². The molecule has 0 aromatic heterocycles. The summed E-state index contributed by atoms with van der Waals surface area (Å²) in [5.41, 5.74) is 5.12. The van der Waals surface area contributed by atoms with E-state index in [1.807, 2.05) is 11.1 Å². The molecule has 0 aliphatic heterocycles. The summed E-state index contributed by atoms with van der Waals surface area (Å²) >= 11 is 0. The fraction of sp³-hybridized carbons (Fsp3) is 0.920. The maximum absolute atomic E-state index is 2.71. The van der Waals surface area contributed by atoms with Gasteiger partial charge < -0.3 is 0 Å². The van der Waals surface area contributed by atoms with Gasteiger partial charge in [0.2, 0.25) is 0 Å². The van der Waals surface area contributed by atoms with Crippen LogP contribution in [0, 0.1) is 64.1 Å². The van der Waals surface area contributed by atoms with E-state index in [1.165, 1.54) is 32.1 Å². The quantitative estimate of drug-likeness (QED) is 0.477. The minimum atomic E-state index is 0.551. The predicted molar refractivity (Wildman–Crippen MR) is 106 cm³/mol.